The summed E-state index contributed by atoms with van der Waals surface area (Å²) in [5.41, 5.74) is 2.72. The molecule has 7 nitrogen and oxygen atoms in total. The zero-order chi connectivity index (χ0) is 21.9. The Labute approximate surface area is 183 Å². The summed E-state index contributed by atoms with van der Waals surface area (Å²) in [5, 5.41) is 6.53. The molecule has 0 amide bonds. The van der Waals surface area contributed by atoms with Gasteiger partial charge in [-0.3, -0.25) is 4.79 Å². The first-order valence-corrected chi connectivity index (χ1v) is 10.9. The number of hydrogen-bond donors (Lipinski definition) is 2. The maximum Gasteiger partial charge on any atom is 0.323 e. The van der Waals surface area contributed by atoms with E-state index in [0.29, 0.717) is 38.6 Å². The van der Waals surface area contributed by atoms with E-state index < -0.39 is 0 Å². The summed E-state index contributed by atoms with van der Waals surface area (Å²) in [4.78, 5) is 16.6. The molecule has 0 bridgehead atoms. The quantitative estimate of drug-likeness (QED) is 0.320. The summed E-state index contributed by atoms with van der Waals surface area (Å²) in [6, 6.07) is 15.2. The van der Waals surface area contributed by atoms with E-state index in [1.165, 1.54) is 0 Å². The van der Waals surface area contributed by atoms with Crippen LogP contribution in [0.25, 0.3) is 11.1 Å². The van der Waals surface area contributed by atoms with Gasteiger partial charge in [-0.2, -0.15) is 0 Å². The first kappa shape index (κ1) is 22.8. The van der Waals surface area contributed by atoms with Gasteiger partial charge in [-0.05, 0) is 56.1 Å². The molecule has 0 spiro atoms. The monoisotopic (exact) mass is 425 g/mol. The molecule has 0 aliphatic heterocycles. The largest absolute Gasteiger partial charge is 0.492 e. The molecular weight excluding hydrogens is 394 g/mol. The van der Waals surface area contributed by atoms with E-state index in [2.05, 4.69) is 22.5 Å². The molecule has 3 rings (SSSR count). The topological polar surface area (TPSA) is 85.6 Å². The number of aromatic nitrogens is 1. The number of hydrogen-bond acceptors (Lipinski definition) is 7. The van der Waals surface area contributed by atoms with Gasteiger partial charge in [-0.15, -0.1) is 0 Å². The Morgan fingerprint density at radius 1 is 1.10 bits per heavy atom. The van der Waals surface area contributed by atoms with Gasteiger partial charge in [0.15, 0.2) is 5.58 Å². The molecule has 0 aliphatic carbocycles. The fourth-order valence-corrected chi connectivity index (χ4v) is 3.19. The summed E-state index contributed by atoms with van der Waals surface area (Å²) in [7, 11) is 0. The van der Waals surface area contributed by atoms with Crippen molar-refractivity contribution in [3.8, 4) is 5.75 Å². The van der Waals surface area contributed by atoms with Gasteiger partial charge < -0.3 is 24.5 Å². The predicted molar refractivity (Wildman–Crippen MR) is 120 cm³/mol. The van der Waals surface area contributed by atoms with Crippen LogP contribution in [0.15, 0.2) is 52.9 Å². The maximum absolute atomic E-state index is 12.1. The van der Waals surface area contributed by atoms with E-state index in [1.54, 1.807) is 0 Å². The summed E-state index contributed by atoms with van der Waals surface area (Å²) in [5.74, 6) is 1.25. The third kappa shape index (κ3) is 7.08. The fraction of sp³-hybridized carbons (Fsp3) is 0.417. The van der Waals surface area contributed by atoms with Crippen molar-refractivity contribution in [1.29, 1.82) is 0 Å². The summed E-state index contributed by atoms with van der Waals surface area (Å²) >= 11 is 0. The van der Waals surface area contributed by atoms with Gasteiger partial charge in [0, 0.05) is 6.54 Å². The number of nitrogens with one attached hydrogen (secondary N) is 2. The number of carbonyl (C=O) groups is 1. The molecule has 0 aliphatic rings. The van der Waals surface area contributed by atoms with E-state index >= 15 is 0 Å². The van der Waals surface area contributed by atoms with Crippen molar-refractivity contribution >= 4 is 17.1 Å². The molecule has 2 aromatic carbocycles. The number of oxazole rings is 1. The normalized spacial score (nSPS) is 12.1. The first-order chi connectivity index (χ1) is 15.2. The number of nitrogens with zero attached hydrogens (tertiary/aromatic N) is 1. The average Bonchev–Trinajstić information content (AvgIpc) is 3.20. The Morgan fingerprint density at radius 3 is 2.65 bits per heavy atom. The molecule has 7 heteroatoms. The van der Waals surface area contributed by atoms with Crippen LogP contribution in [0.2, 0.25) is 0 Å². The van der Waals surface area contributed by atoms with Crippen molar-refractivity contribution in [2.24, 2.45) is 0 Å². The third-order valence-corrected chi connectivity index (χ3v) is 4.74. The minimum Gasteiger partial charge on any atom is -0.492 e. The molecule has 0 radical (unpaired) electrons. The highest BCUT2D eigenvalue weighted by Gasteiger charge is 2.19. The minimum atomic E-state index is -0.331. The van der Waals surface area contributed by atoms with Crippen molar-refractivity contribution in [2.75, 3.05) is 26.3 Å². The van der Waals surface area contributed by atoms with Crippen LogP contribution in [-0.4, -0.2) is 43.3 Å². The number of fused-ring (bicyclic) bond motifs is 1. The second-order valence-electron chi connectivity index (χ2n) is 7.21. The zero-order valence-electron chi connectivity index (χ0n) is 18.2. The number of benzene rings is 2. The van der Waals surface area contributed by atoms with Gasteiger partial charge in [-0.25, -0.2) is 4.98 Å². The van der Waals surface area contributed by atoms with Crippen molar-refractivity contribution in [2.45, 2.75) is 39.3 Å². The number of para-hydroxylation sites is 2. The summed E-state index contributed by atoms with van der Waals surface area (Å²) < 4.78 is 16.7. The van der Waals surface area contributed by atoms with Gasteiger partial charge in [0.25, 0.3) is 0 Å². The fourth-order valence-electron chi connectivity index (χ4n) is 3.19. The van der Waals surface area contributed by atoms with Crippen LogP contribution in [-0.2, 0) is 22.5 Å². The molecule has 1 heterocycles. The van der Waals surface area contributed by atoms with Gasteiger partial charge in [0.05, 0.1) is 13.2 Å². The molecule has 0 fully saturated rings. The maximum atomic E-state index is 12.1. The Hall–Kier alpha value is -2.90. The minimum absolute atomic E-state index is 0.207. The predicted octanol–water partition coefficient (Wildman–Crippen LogP) is 3.47. The highest BCUT2D eigenvalue weighted by Crippen LogP contribution is 2.15. The highest BCUT2D eigenvalue weighted by atomic mass is 16.5. The summed E-state index contributed by atoms with van der Waals surface area (Å²) in [6.45, 7) is 6.82. The second-order valence-corrected chi connectivity index (χ2v) is 7.21. The number of ether oxygens (including phenoxy) is 2. The molecule has 31 heavy (non-hydrogen) atoms. The molecule has 1 unspecified atom stereocenters. The number of esters is 1. The smallest absolute Gasteiger partial charge is 0.323 e. The van der Waals surface area contributed by atoms with Gasteiger partial charge >= 0.3 is 5.97 Å². The number of carbonyl (C=O) groups excluding carboxylic acids is 1. The van der Waals surface area contributed by atoms with Gasteiger partial charge in [0.2, 0.25) is 5.89 Å². The third-order valence-electron chi connectivity index (χ3n) is 4.74. The van der Waals surface area contributed by atoms with Crippen molar-refractivity contribution in [3.05, 3.63) is 60.0 Å². The van der Waals surface area contributed by atoms with Crippen LogP contribution in [0.5, 0.6) is 5.75 Å². The van der Waals surface area contributed by atoms with Crippen LogP contribution >= 0.6 is 0 Å². The van der Waals surface area contributed by atoms with Crippen LogP contribution in [0, 0.1) is 0 Å². The van der Waals surface area contributed by atoms with E-state index in [0.717, 1.165) is 35.4 Å². The van der Waals surface area contributed by atoms with E-state index in [1.807, 2.05) is 55.5 Å². The molecule has 0 saturated carbocycles. The van der Waals surface area contributed by atoms with Crippen molar-refractivity contribution < 1.29 is 18.7 Å². The standard InChI is InChI=1S/C24H31N3O4/c1-3-13-26-21(24(28)29-4-2)16-18-9-11-19(12-10-18)30-15-14-25-17-23-27-20-7-5-6-8-22(20)31-23/h5-12,21,25-26H,3-4,13-17H2,1-2H3. The Morgan fingerprint density at radius 2 is 1.90 bits per heavy atom. The van der Waals surface area contributed by atoms with E-state index in [4.69, 9.17) is 13.9 Å². The van der Waals surface area contributed by atoms with Crippen LogP contribution in [0.4, 0.5) is 0 Å². The lowest BCUT2D eigenvalue weighted by Crippen LogP contribution is -2.40. The molecule has 0 saturated heterocycles. The molecule has 2 N–H and O–H groups in total. The Bertz CT molecular complexity index is 906. The van der Waals surface area contributed by atoms with Gasteiger partial charge in [0.1, 0.15) is 23.9 Å². The van der Waals surface area contributed by atoms with Crippen LogP contribution < -0.4 is 15.4 Å². The molecule has 3 aromatic rings. The van der Waals surface area contributed by atoms with Crippen molar-refractivity contribution in [1.82, 2.24) is 15.6 Å². The van der Waals surface area contributed by atoms with Gasteiger partial charge in [-0.1, -0.05) is 31.2 Å². The zero-order valence-corrected chi connectivity index (χ0v) is 18.2. The average molecular weight is 426 g/mol. The lowest BCUT2D eigenvalue weighted by atomic mass is 10.1. The van der Waals surface area contributed by atoms with Crippen LogP contribution in [0.1, 0.15) is 31.7 Å². The van der Waals surface area contributed by atoms with Crippen LogP contribution in [0.3, 0.4) is 0 Å². The molecule has 1 atom stereocenters. The van der Waals surface area contributed by atoms with E-state index in [-0.39, 0.29) is 12.0 Å². The lowest BCUT2D eigenvalue weighted by Gasteiger charge is -2.17. The Kier molecular flexibility index (Phi) is 8.87. The SMILES string of the molecule is CCCNC(Cc1ccc(OCCNCc2nc3ccccc3o2)cc1)C(=O)OCC. The Balaban J connectivity index is 1.40. The highest BCUT2D eigenvalue weighted by molar-refractivity contribution is 5.76. The molecule has 166 valence electrons. The first-order valence-electron chi connectivity index (χ1n) is 10.9. The van der Waals surface area contributed by atoms with Crippen molar-refractivity contribution in [3.63, 3.8) is 0 Å². The number of rotatable bonds is 13. The molecular formula is C24H31N3O4. The summed E-state index contributed by atoms with van der Waals surface area (Å²) in [6.07, 6.45) is 1.55. The lowest BCUT2D eigenvalue weighted by molar-refractivity contribution is -0.145. The second kappa shape index (κ2) is 12.1. The molecule has 1 aromatic heterocycles. The van der Waals surface area contributed by atoms with E-state index in [9.17, 15) is 4.79 Å².